The van der Waals surface area contributed by atoms with Crippen molar-refractivity contribution < 1.29 is 19.8 Å². The monoisotopic (exact) mass is 450 g/mol. The molecule has 0 aromatic heterocycles. The molecular weight excluding hydrogens is 404 g/mol. The Labute approximate surface area is 194 Å². The zero-order valence-corrected chi connectivity index (χ0v) is 20.7. The van der Waals surface area contributed by atoms with E-state index in [4.69, 9.17) is 0 Å². The third kappa shape index (κ3) is 5.01. The van der Waals surface area contributed by atoms with E-state index < -0.39 is 16.6 Å². The molecule has 3 fully saturated rings. The Morgan fingerprint density at radius 1 is 0.594 bits per heavy atom. The third-order valence-electron chi connectivity index (χ3n) is 8.58. The number of carbonyl (C=O) groups is 2. The van der Waals surface area contributed by atoms with Crippen molar-refractivity contribution in [3.8, 4) is 0 Å². The molecule has 0 spiro atoms. The first-order valence-electron chi connectivity index (χ1n) is 13.1. The molecule has 184 valence electrons. The highest BCUT2D eigenvalue weighted by atomic mass is 16.3. The van der Waals surface area contributed by atoms with Crippen LogP contribution in [0.15, 0.2) is 0 Å². The van der Waals surface area contributed by atoms with Crippen molar-refractivity contribution in [1.82, 2.24) is 10.6 Å². The average molecular weight is 451 g/mol. The highest BCUT2D eigenvalue weighted by Gasteiger charge is 2.54. The van der Waals surface area contributed by atoms with Gasteiger partial charge in [-0.1, -0.05) is 72.6 Å². The molecule has 0 unspecified atom stereocenters. The van der Waals surface area contributed by atoms with Gasteiger partial charge in [0.1, 0.15) is 5.41 Å². The van der Waals surface area contributed by atoms with Gasteiger partial charge >= 0.3 is 0 Å². The molecule has 4 N–H and O–H groups in total. The molecule has 2 atom stereocenters. The smallest absolute Gasteiger partial charge is 0.236 e. The van der Waals surface area contributed by atoms with Crippen LogP contribution in [-0.4, -0.2) is 45.3 Å². The van der Waals surface area contributed by atoms with Gasteiger partial charge in [-0.2, -0.15) is 0 Å². The third-order valence-corrected chi connectivity index (χ3v) is 8.58. The SMILES string of the molecule is CC(C)[C@@H](NC(=O)C1(C(=O)N[C@H](C(C)C)C2(O)CCCCC2)CCC1)C1(O)CCCCC1. The molecule has 3 aliphatic carbocycles. The maximum atomic E-state index is 13.6. The fraction of sp³-hybridized carbons (Fsp3) is 0.923. The van der Waals surface area contributed by atoms with Crippen LogP contribution in [0, 0.1) is 17.3 Å². The van der Waals surface area contributed by atoms with Gasteiger partial charge in [-0.05, 0) is 50.4 Å². The van der Waals surface area contributed by atoms with E-state index in [0.717, 1.165) is 44.9 Å². The predicted octanol–water partition coefficient (Wildman–Crippen LogP) is 3.83. The van der Waals surface area contributed by atoms with Crippen LogP contribution in [0.4, 0.5) is 0 Å². The topological polar surface area (TPSA) is 98.7 Å². The summed E-state index contributed by atoms with van der Waals surface area (Å²) >= 11 is 0. The lowest BCUT2D eigenvalue weighted by Crippen LogP contribution is -2.65. The summed E-state index contributed by atoms with van der Waals surface area (Å²) in [5.74, 6) is -0.351. The van der Waals surface area contributed by atoms with Crippen LogP contribution in [0.3, 0.4) is 0 Å². The van der Waals surface area contributed by atoms with Gasteiger partial charge in [-0.3, -0.25) is 9.59 Å². The van der Waals surface area contributed by atoms with Gasteiger partial charge in [0.2, 0.25) is 11.8 Å². The Hall–Kier alpha value is -1.14. The molecule has 0 radical (unpaired) electrons. The fourth-order valence-corrected chi connectivity index (χ4v) is 6.44. The van der Waals surface area contributed by atoms with Crippen molar-refractivity contribution in [2.45, 2.75) is 134 Å². The molecule has 3 saturated carbocycles. The first kappa shape index (κ1) is 25.5. The summed E-state index contributed by atoms with van der Waals surface area (Å²) in [6.45, 7) is 8.10. The van der Waals surface area contributed by atoms with Crippen molar-refractivity contribution in [3.05, 3.63) is 0 Å². The molecule has 0 aromatic rings. The average Bonchev–Trinajstić information content (AvgIpc) is 2.69. The second kappa shape index (κ2) is 10.0. The predicted molar refractivity (Wildman–Crippen MR) is 126 cm³/mol. The van der Waals surface area contributed by atoms with Gasteiger partial charge < -0.3 is 20.8 Å². The standard InChI is InChI=1S/C26H46N2O4/c1-18(2)20(25(31)14-7-5-8-15-25)27-22(29)24(12-11-13-24)23(30)28-21(19(3)4)26(32)16-9-6-10-17-26/h18-21,31-32H,5-17H2,1-4H3,(H,27,29)(H,28,30)/t20-,21-/m1/s1. The normalized spacial score (nSPS) is 26.1. The second-order valence-corrected chi connectivity index (χ2v) is 11.7. The Morgan fingerprint density at radius 3 is 1.19 bits per heavy atom. The summed E-state index contributed by atoms with van der Waals surface area (Å²) in [5, 5.41) is 28.9. The minimum atomic E-state index is -1.09. The van der Waals surface area contributed by atoms with E-state index in [-0.39, 0.29) is 35.7 Å². The van der Waals surface area contributed by atoms with E-state index in [0.29, 0.717) is 38.5 Å². The van der Waals surface area contributed by atoms with E-state index in [1.165, 1.54) is 0 Å². The van der Waals surface area contributed by atoms with E-state index in [2.05, 4.69) is 10.6 Å². The molecule has 3 rings (SSSR count). The highest BCUT2D eigenvalue weighted by molar-refractivity contribution is 6.06. The van der Waals surface area contributed by atoms with Crippen LogP contribution in [0.1, 0.15) is 111 Å². The number of rotatable bonds is 8. The minimum Gasteiger partial charge on any atom is -0.388 e. The van der Waals surface area contributed by atoms with Gasteiger partial charge in [-0.25, -0.2) is 0 Å². The van der Waals surface area contributed by atoms with Gasteiger partial charge in [-0.15, -0.1) is 0 Å². The Bertz CT molecular complexity index is 607. The van der Waals surface area contributed by atoms with Gasteiger partial charge in [0.15, 0.2) is 0 Å². The van der Waals surface area contributed by atoms with E-state index in [1.807, 2.05) is 27.7 Å². The molecular formula is C26H46N2O4. The molecule has 0 saturated heterocycles. The van der Waals surface area contributed by atoms with Crippen LogP contribution in [0.25, 0.3) is 0 Å². The van der Waals surface area contributed by atoms with E-state index in [1.54, 1.807) is 0 Å². The molecule has 2 amide bonds. The fourth-order valence-electron chi connectivity index (χ4n) is 6.44. The van der Waals surface area contributed by atoms with Gasteiger partial charge in [0.25, 0.3) is 0 Å². The number of hydrogen-bond donors (Lipinski definition) is 4. The summed E-state index contributed by atoms with van der Waals surface area (Å²) in [5.41, 5.74) is -2.89. The number of aliphatic hydroxyl groups is 2. The maximum Gasteiger partial charge on any atom is 0.236 e. The first-order valence-corrected chi connectivity index (χ1v) is 13.1. The minimum absolute atomic E-state index is 0.0774. The Morgan fingerprint density at radius 2 is 0.938 bits per heavy atom. The lowest BCUT2D eigenvalue weighted by atomic mass is 9.66. The van der Waals surface area contributed by atoms with E-state index >= 15 is 0 Å². The number of carbonyl (C=O) groups excluding carboxylic acids is 2. The van der Waals surface area contributed by atoms with Crippen LogP contribution in [0.5, 0.6) is 0 Å². The van der Waals surface area contributed by atoms with Crippen molar-refractivity contribution in [3.63, 3.8) is 0 Å². The number of hydrogen-bond acceptors (Lipinski definition) is 4. The molecule has 0 heterocycles. The van der Waals surface area contributed by atoms with E-state index in [9.17, 15) is 19.8 Å². The molecule has 0 bridgehead atoms. The summed E-state index contributed by atoms with van der Waals surface area (Å²) in [6.07, 6.45) is 10.8. The lowest BCUT2D eigenvalue weighted by Gasteiger charge is -2.47. The van der Waals surface area contributed by atoms with Crippen LogP contribution in [0.2, 0.25) is 0 Å². The molecule has 32 heavy (non-hydrogen) atoms. The van der Waals surface area contributed by atoms with Crippen molar-refractivity contribution in [2.75, 3.05) is 0 Å². The molecule has 6 nitrogen and oxygen atoms in total. The quantitative estimate of drug-likeness (QED) is 0.422. The van der Waals surface area contributed by atoms with Crippen molar-refractivity contribution in [1.29, 1.82) is 0 Å². The molecule has 0 aliphatic heterocycles. The molecule has 3 aliphatic rings. The van der Waals surface area contributed by atoms with Crippen LogP contribution < -0.4 is 10.6 Å². The van der Waals surface area contributed by atoms with Crippen LogP contribution in [-0.2, 0) is 9.59 Å². The highest BCUT2D eigenvalue weighted by Crippen LogP contribution is 2.44. The summed E-state index contributed by atoms with van der Waals surface area (Å²) < 4.78 is 0. The molecule has 6 heteroatoms. The maximum absolute atomic E-state index is 13.6. The zero-order chi connectivity index (χ0) is 23.6. The first-order chi connectivity index (χ1) is 15.0. The summed E-state index contributed by atoms with van der Waals surface area (Å²) in [7, 11) is 0. The Kier molecular flexibility index (Phi) is 7.97. The second-order valence-electron chi connectivity index (χ2n) is 11.7. The number of nitrogens with one attached hydrogen (secondary N) is 2. The van der Waals surface area contributed by atoms with Gasteiger partial charge in [0, 0.05) is 0 Å². The lowest BCUT2D eigenvalue weighted by molar-refractivity contribution is -0.155. The number of amides is 2. The summed E-state index contributed by atoms with van der Waals surface area (Å²) in [4.78, 5) is 27.1. The summed E-state index contributed by atoms with van der Waals surface area (Å²) in [6, 6.07) is -0.715. The van der Waals surface area contributed by atoms with Gasteiger partial charge in [0.05, 0.1) is 23.3 Å². The largest absolute Gasteiger partial charge is 0.388 e. The zero-order valence-electron chi connectivity index (χ0n) is 20.7. The van der Waals surface area contributed by atoms with Crippen molar-refractivity contribution >= 4 is 11.8 Å². The Balaban J connectivity index is 1.75. The van der Waals surface area contributed by atoms with Crippen LogP contribution >= 0.6 is 0 Å². The van der Waals surface area contributed by atoms with Crippen molar-refractivity contribution in [2.24, 2.45) is 17.3 Å². The molecule has 0 aromatic carbocycles.